The Labute approximate surface area is 87.9 Å². The molecule has 0 bridgehead atoms. The van der Waals surface area contributed by atoms with Gasteiger partial charge in [0, 0.05) is 12.1 Å². The highest BCUT2D eigenvalue weighted by molar-refractivity contribution is 5.26. The van der Waals surface area contributed by atoms with Crippen LogP contribution in [-0.2, 0) is 0 Å². The summed E-state index contributed by atoms with van der Waals surface area (Å²) in [5.41, 5.74) is 6.34. The minimum Gasteiger partial charge on any atom is -0.486 e. The van der Waals surface area contributed by atoms with Gasteiger partial charge in [-0.25, -0.2) is 4.39 Å². The lowest BCUT2D eigenvalue weighted by Gasteiger charge is -2.16. The summed E-state index contributed by atoms with van der Waals surface area (Å²) < 4.78 is 18.2. The van der Waals surface area contributed by atoms with Crippen LogP contribution in [0.4, 0.5) is 4.39 Å². The molecule has 0 heterocycles. The summed E-state index contributed by atoms with van der Waals surface area (Å²) in [6.45, 7) is 0. The zero-order chi connectivity index (χ0) is 10.7. The molecule has 0 aromatic heterocycles. The van der Waals surface area contributed by atoms with E-state index in [0.29, 0.717) is 5.75 Å². The van der Waals surface area contributed by atoms with Crippen LogP contribution in [0.2, 0.25) is 0 Å². The molecule has 2 nitrogen and oxygen atoms in total. The van der Waals surface area contributed by atoms with Crippen LogP contribution in [0, 0.1) is 5.82 Å². The molecule has 2 N–H and O–H groups in total. The van der Waals surface area contributed by atoms with Gasteiger partial charge in [-0.05, 0) is 36.4 Å². The summed E-state index contributed by atoms with van der Waals surface area (Å²) in [6.07, 6.45) is 6.37. The Morgan fingerprint density at radius 2 is 2.00 bits per heavy atom. The molecule has 3 heteroatoms. The summed E-state index contributed by atoms with van der Waals surface area (Å²) in [7, 11) is 0. The van der Waals surface area contributed by atoms with E-state index in [1.165, 1.54) is 12.1 Å². The normalized spacial score (nSPS) is 19.8. The molecule has 1 aromatic carbocycles. The average molecular weight is 205 g/mol. The first-order valence-electron chi connectivity index (χ1n) is 4.80. The van der Waals surface area contributed by atoms with Crippen molar-refractivity contribution in [1.29, 1.82) is 0 Å². The van der Waals surface area contributed by atoms with Crippen molar-refractivity contribution in [2.45, 2.75) is 12.5 Å². The second-order valence-electron chi connectivity index (χ2n) is 3.41. The molecular weight excluding hydrogens is 193 g/mol. The van der Waals surface area contributed by atoms with Crippen LogP contribution in [0.1, 0.15) is 6.42 Å². The fraction of sp³-hybridized carbons (Fsp3) is 0.167. The number of hydrogen-bond donors (Lipinski definition) is 1. The maximum Gasteiger partial charge on any atom is 0.123 e. The highest BCUT2D eigenvalue weighted by atomic mass is 19.1. The number of halogens is 1. The number of ether oxygens (including phenoxy) is 1. The summed E-state index contributed by atoms with van der Waals surface area (Å²) >= 11 is 0. The highest BCUT2D eigenvalue weighted by Crippen LogP contribution is 2.17. The largest absolute Gasteiger partial charge is 0.486 e. The van der Waals surface area contributed by atoms with E-state index < -0.39 is 0 Å². The molecule has 0 saturated carbocycles. The lowest BCUT2D eigenvalue weighted by molar-refractivity contribution is 0.251. The molecule has 1 aromatic rings. The molecule has 0 aliphatic heterocycles. The Morgan fingerprint density at radius 3 is 2.60 bits per heavy atom. The van der Waals surface area contributed by atoms with Gasteiger partial charge in [0.05, 0.1) is 0 Å². The van der Waals surface area contributed by atoms with Crippen LogP contribution in [-0.4, -0.2) is 6.10 Å². The van der Waals surface area contributed by atoms with Crippen LogP contribution < -0.4 is 10.5 Å². The van der Waals surface area contributed by atoms with E-state index in [-0.39, 0.29) is 11.9 Å². The lowest BCUT2D eigenvalue weighted by Crippen LogP contribution is -2.16. The summed E-state index contributed by atoms with van der Waals surface area (Å²) in [5, 5.41) is 0. The van der Waals surface area contributed by atoms with E-state index in [4.69, 9.17) is 10.5 Å². The maximum absolute atomic E-state index is 12.6. The first-order chi connectivity index (χ1) is 7.24. The molecule has 1 unspecified atom stereocenters. The summed E-state index contributed by atoms with van der Waals surface area (Å²) in [5.74, 6) is 0.408. The third-order valence-corrected chi connectivity index (χ3v) is 2.19. The molecule has 0 amide bonds. The number of nitrogens with two attached hydrogens (primary N) is 1. The number of hydrogen-bond acceptors (Lipinski definition) is 2. The van der Waals surface area contributed by atoms with E-state index in [1.54, 1.807) is 12.1 Å². The minimum absolute atomic E-state index is 0.0113. The fourth-order valence-corrected chi connectivity index (χ4v) is 1.39. The van der Waals surface area contributed by atoms with Crippen molar-refractivity contribution in [3.05, 3.63) is 54.0 Å². The molecule has 0 radical (unpaired) electrons. The topological polar surface area (TPSA) is 35.2 Å². The van der Waals surface area contributed by atoms with E-state index in [2.05, 4.69) is 0 Å². The average Bonchev–Trinajstić information content (AvgIpc) is 2.25. The molecule has 0 saturated heterocycles. The van der Waals surface area contributed by atoms with Crippen molar-refractivity contribution in [2.24, 2.45) is 5.73 Å². The van der Waals surface area contributed by atoms with Gasteiger partial charge in [-0.2, -0.15) is 0 Å². The van der Waals surface area contributed by atoms with Crippen LogP contribution in [0.3, 0.4) is 0 Å². The predicted octanol–water partition coefficient (Wildman–Crippen LogP) is 2.38. The summed E-state index contributed by atoms with van der Waals surface area (Å²) in [6, 6.07) is 5.99. The molecule has 1 atom stereocenters. The van der Waals surface area contributed by atoms with Gasteiger partial charge in [0.15, 0.2) is 0 Å². The Bertz CT molecular complexity index is 395. The van der Waals surface area contributed by atoms with Crippen molar-refractivity contribution >= 4 is 0 Å². The van der Waals surface area contributed by atoms with Gasteiger partial charge in [0.1, 0.15) is 17.7 Å². The van der Waals surface area contributed by atoms with E-state index in [9.17, 15) is 4.39 Å². The van der Waals surface area contributed by atoms with Crippen LogP contribution >= 0.6 is 0 Å². The second-order valence-corrected chi connectivity index (χ2v) is 3.41. The van der Waals surface area contributed by atoms with Gasteiger partial charge in [0.25, 0.3) is 0 Å². The number of benzene rings is 1. The third-order valence-electron chi connectivity index (χ3n) is 2.19. The van der Waals surface area contributed by atoms with Gasteiger partial charge in [-0.3, -0.25) is 0 Å². The molecule has 78 valence electrons. The van der Waals surface area contributed by atoms with Gasteiger partial charge >= 0.3 is 0 Å². The molecule has 15 heavy (non-hydrogen) atoms. The molecule has 0 fully saturated rings. The molecular formula is C12H12FNO. The van der Waals surface area contributed by atoms with Gasteiger partial charge in [-0.1, -0.05) is 6.08 Å². The standard InChI is InChI=1S/C12H12FNO/c13-9-1-5-11(6-2-9)15-12-7-3-10(14)4-8-12/h1-7,12H,8,14H2. The highest BCUT2D eigenvalue weighted by Gasteiger charge is 2.08. The van der Waals surface area contributed by atoms with Crippen molar-refractivity contribution in [3.8, 4) is 5.75 Å². The van der Waals surface area contributed by atoms with E-state index in [1.807, 2.05) is 18.2 Å². The van der Waals surface area contributed by atoms with Crippen LogP contribution in [0.25, 0.3) is 0 Å². The minimum atomic E-state index is -0.259. The zero-order valence-electron chi connectivity index (χ0n) is 8.19. The number of allylic oxidation sites excluding steroid dienone is 1. The summed E-state index contributed by atoms with van der Waals surface area (Å²) in [4.78, 5) is 0. The van der Waals surface area contributed by atoms with E-state index in [0.717, 1.165) is 12.1 Å². The van der Waals surface area contributed by atoms with Gasteiger partial charge in [-0.15, -0.1) is 0 Å². The van der Waals surface area contributed by atoms with Crippen molar-refractivity contribution < 1.29 is 9.13 Å². The second kappa shape index (κ2) is 4.17. The lowest BCUT2D eigenvalue weighted by atomic mass is 10.1. The van der Waals surface area contributed by atoms with Crippen LogP contribution in [0.15, 0.2) is 48.2 Å². The Hall–Kier alpha value is -1.77. The van der Waals surface area contributed by atoms with Crippen LogP contribution in [0.5, 0.6) is 5.75 Å². The molecule has 0 spiro atoms. The third kappa shape index (κ3) is 2.59. The SMILES string of the molecule is NC1=CCC(Oc2ccc(F)cc2)C=C1. The van der Waals surface area contributed by atoms with Crippen molar-refractivity contribution in [3.63, 3.8) is 0 Å². The predicted molar refractivity (Wildman–Crippen MR) is 56.8 cm³/mol. The zero-order valence-corrected chi connectivity index (χ0v) is 8.19. The number of rotatable bonds is 2. The van der Waals surface area contributed by atoms with Gasteiger partial charge < -0.3 is 10.5 Å². The first kappa shape index (κ1) is 9.77. The van der Waals surface area contributed by atoms with Crippen molar-refractivity contribution in [2.75, 3.05) is 0 Å². The maximum atomic E-state index is 12.6. The fourth-order valence-electron chi connectivity index (χ4n) is 1.39. The van der Waals surface area contributed by atoms with Crippen molar-refractivity contribution in [1.82, 2.24) is 0 Å². The van der Waals surface area contributed by atoms with E-state index >= 15 is 0 Å². The Morgan fingerprint density at radius 1 is 1.27 bits per heavy atom. The smallest absolute Gasteiger partial charge is 0.123 e. The molecule has 1 aliphatic rings. The molecule has 2 rings (SSSR count). The van der Waals surface area contributed by atoms with Gasteiger partial charge in [0.2, 0.25) is 0 Å². The monoisotopic (exact) mass is 205 g/mol. The first-order valence-corrected chi connectivity index (χ1v) is 4.80. The molecule has 1 aliphatic carbocycles. The quantitative estimate of drug-likeness (QED) is 0.804. The Kier molecular flexibility index (Phi) is 2.72. The Balaban J connectivity index is 1.99.